The maximum atomic E-state index is 12.7. The van der Waals surface area contributed by atoms with E-state index in [1.165, 1.54) is 6.42 Å². The van der Waals surface area contributed by atoms with E-state index in [0.29, 0.717) is 50.4 Å². The molecule has 2 aliphatic rings. The second kappa shape index (κ2) is 11.9. The minimum Gasteiger partial charge on any atom is -0.490 e. The van der Waals surface area contributed by atoms with Crippen LogP contribution in [0.15, 0.2) is 24.3 Å². The molecule has 2 saturated heterocycles. The molecular formula is C25H37N3O4. The largest absolute Gasteiger partial charge is 0.490 e. The Morgan fingerprint density at radius 1 is 1.00 bits per heavy atom. The number of carbonyl (C=O) groups is 2. The summed E-state index contributed by atoms with van der Waals surface area (Å²) in [5, 5.41) is 0. The summed E-state index contributed by atoms with van der Waals surface area (Å²) in [6, 6.07) is 6.03. The van der Waals surface area contributed by atoms with Gasteiger partial charge < -0.3 is 19.3 Å². The highest BCUT2D eigenvalue weighted by Crippen LogP contribution is 2.29. The van der Waals surface area contributed by atoms with Crippen LogP contribution in [0.1, 0.15) is 45.6 Å². The first kappa shape index (κ1) is 24.1. The first-order valence-electron chi connectivity index (χ1n) is 11.9. The maximum Gasteiger partial charge on any atom is 0.246 e. The van der Waals surface area contributed by atoms with Crippen LogP contribution in [0, 0.1) is 0 Å². The second-order valence-corrected chi connectivity index (χ2v) is 8.44. The minimum atomic E-state index is -0.00697. The van der Waals surface area contributed by atoms with E-state index in [-0.39, 0.29) is 11.8 Å². The SMILES string of the molecule is CCOc1ccc(/C=C/C(=O)N2CCN(CC(=O)N3CCCCC3C)CC2)cc1OCC. The fourth-order valence-corrected chi connectivity index (χ4v) is 4.32. The first-order chi connectivity index (χ1) is 15.5. The minimum absolute atomic E-state index is 0.00697. The fourth-order valence-electron chi connectivity index (χ4n) is 4.32. The van der Waals surface area contributed by atoms with Crippen LogP contribution in [0.4, 0.5) is 0 Å². The molecule has 0 spiro atoms. The quantitative estimate of drug-likeness (QED) is 0.578. The summed E-state index contributed by atoms with van der Waals surface area (Å²) in [6.45, 7) is 11.2. The molecule has 0 radical (unpaired) electrons. The van der Waals surface area contributed by atoms with Gasteiger partial charge in [-0.3, -0.25) is 14.5 Å². The Hall–Kier alpha value is -2.54. The number of piperazine rings is 1. The Labute approximate surface area is 191 Å². The molecule has 0 aliphatic carbocycles. The average molecular weight is 444 g/mol. The van der Waals surface area contributed by atoms with Crippen LogP contribution in [0.3, 0.4) is 0 Å². The Balaban J connectivity index is 1.49. The van der Waals surface area contributed by atoms with Crippen molar-refractivity contribution in [3.8, 4) is 11.5 Å². The summed E-state index contributed by atoms with van der Waals surface area (Å²) in [5.74, 6) is 1.61. The molecule has 2 aliphatic heterocycles. The fraction of sp³-hybridized carbons (Fsp3) is 0.600. The molecular weight excluding hydrogens is 406 g/mol. The number of carbonyl (C=O) groups excluding carboxylic acids is 2. The summed E-state index contributed by atoms with van der Waals surface area (Å²) in [4.78, 5) is 31.4. The van der Waals surface area contributed by atoms with Crippen LogP contribution in [0.25, 0.3) is 6.08 Å². The number of ether oxygens (including phenoxy) is 2. The van der Waals surface area contributed by atoms with Crippen molar-refractivity contribution in [1.29, 1.82) is 0 Å². The highest BCUT2D eigenvalue weighted by Gasteiger charge is 2.26. The highest BCUT2D eigenvalue weighted by atomic mass is 16.5. The van der Waals surface area contributed by atoms with Gasteiger partial charge in [0.05, 0.1) is 19.8 Å². The molecule has 0 N–H and O–H groups in total. The molecule has 32 heavy (non-hydrogen) atoms. The highest BCUT2D eigenvalue weighted by molar-refractivity contribution is 5.92. The van der Waals surface area contributed by atoms with Gasteiger partial charge in [0.25, 0.3) is 0 Å². The predicted octanol–water partition coefficient (Wildman–Crippen LogP) is 3.04. The van der Waals surface area contributed by atoms with Gasteiger partial charge >= 0.3 is 0 Å². The van der Waals surface area contributed by atoms with Crippen molar-refractivity contribution in [3.05, 3.63) is 29.8 Å². The van der Waals surface area contributed by atoms with Crippen LogP contribution in [-0.4, -0.2) is 85.0 Å². The van der Waals surface area contributed by atoms with Crippen LogP contribution >= 0.6 is 0 Å². The van der Waals surface area contributed by atoms with Gasteiger partial charge in [-0.1, -0.05) is 6.07 Å². The zero-order valence-corrected chi connectivity index (χ0v) is 19.7. The van der Waals surface area contributed by atoms with Gasteiger partial charge in [-0.2, -0.15) is 0 Å². The van der Waals surface area contributed by atoms with Crippen molar-refractivity contribution < 1.29 is 19.1 Å². The van der Waals surface area contributed by atoms with Gasteiger partial charge in [-0.05, 0) is 63.8 Å². The molecule has 0 aromatic heterocycles. The predicted molar refractivity (Wildman–Crippen MR) is 126 cm³/mol. The van der Waals surface area contributed by atoms with Crippen molar-refractivity contribution in [2.75, 3.05) is 52.5 Å². The molecule has 2 fully saturated rings. The number of likely N-dealkylation sites (tertiary alicyclic amines) is 1. The lowest BCUT2D eigenvalue weighted by Gasteiger charge is -2.37. The number of benzene rings is 1. The van der Waals surface area contributed by atoms with Crippen LogP contribution in [0.5, 0.6) is 11.5 Å². The Morgan fingerprint density at radius 3 is 2.41 bits per heavy atom. The van der Waals surface area contributed by atoms with E-state index in [1.54, 1.807) is 6.08 Å². The molecule has 0 saturated carbocycles. The van der Waals surface area contributed by atoms with E-state index >= 15 is 0 Å². The average Bonchev–Trinajstić information content (AvgIpc) is 2.80. The molecule has 7 heteroatoms. The lowest BCUT2D eigenvalue weighted by atomic mass is 10.0. The molecule has 1 aromatic rings. The summed E-state index contributed by atoms with van der Waals surface area (Å²) in [6.07, 6.45) is 6.84. The van der Waals surface area contributed by atoms with Crippen molar-refractivity contribution in [3.63, 3.8) is 0 Å². The third-order valence-electron chi connectivity index (χ3n) is 6.15. The van der Waals surface area contributed by atoms with Gasteiger partial charge in [0, 0.05) is 44.8 Å². The smallest absolute Gasteiger partial charge is 0.246 e. The Kier molecular flexibility index (Phi) is 8.97. The molecule has 2 heterocycles. The van der Waals surface area contributed by atoms with Crippen molar-refractivity contribution in [2.24, 2.45) is 0 Å². The monoisotopic (exact) mass is 443 g/mol. The van der Waals surface area contributed by atoms with E-state index in [4.69, 9.17) is 9.47 Å². The van der Waals surface area contributed by atoms with Gasteiger partial charge in [0.15, 0.2) is 11.5 Å². The lowest BCUT2D eigenvalue weighted by Crippen LogP contribution is -2.52. The van der Waals surface area contributed by atoms with Gasteiger partial charge in [-0.25, -0.2) is 0 Å². The lowest BCUT2D eigenvalue weighted by molar-refractivity contribution is -0.136. The van der Waals surface area contributed by atoms with Gasteiger partial charge in [-0.15, -0.1) is 0 Å². The number of amides is 2. The number of hydrogen-bond donors (Lipinski definition) is 0. The summed E-state index contributed by atoms with van der Waals surface area (Å²) in [7, 11) is 0. The van der Waals surface area contributed by atoms with Crippen LogP contribution < -0.4 is 9.47 Å². The summed E-state index contributed by atoms with van der Waals surface area (Å²) in [5.41, 5.74) is 0.894. The Morgan fingerprint density at radius 2 is 1.72 bits per heavy atom. The number of nitrogens with zero attached hydrogens (tertiary/aromatic N) is 3. The zero-order chi connectivity index (χ0) is 22.9. The van der Waals surface area contributed by atoms with E-state index in [9.17, 15) is 9.59 Å². The van der Waals surface area contributed by atoms with Gasteiger partial charge in [0.1, 0.15) is 0 Å². The summed E-state index contributed by atoms with van der Waals surface area (Å²) >= 11 is 0. The van der Waals surface area contributed by atoms with Crippen molar-refractivity contribution in [1.82, 2.24) is 14.7 Å². The van der Waals surface area contributed by atoms with E-state index in [0.717, 1.165) is 38.0 Å². The maximum absolute atomic E-state index is 12.7. The van der Waals surface area contributed by atoms with E-state index in [1.807, 2.05) is 47.9 Å². The third kappa shape index (κ3) is 6.48. The number of piperidine rings is 1. The molecule has 3 rings (SSSR count). The summed E-state index contributed by atoms with van der Waals surface area (Å²) < 4.78 is 11.2. The molecule has 1 unspecified atom stereocenters. The zero-order valence-electron chi connectivity index (χ0n) is 19.7. The van der Waals surface area contributed by atoms with Crippen molar-refractivity contribution >= 4 is 17.9 Å². The normalized spacial score (nSPS) is 19.9. The van der Waals surface area contributed by atoms with Crippen LogP contribution in [-0.2, 0) is 9.59 Å². The molecule has 176 valence electrons. The third-order valence-corrected chi connectivity index (χ3v) is 6.15. The molecule has 1 aromatic carbocycles. The number of hydrogen-bond acceptors (Lipinski definition) is 5. The molecule has 2 amide bonds. The second-order valence-electron chi connectivity index (χ2n) is 8.44. The van der Waals surface area contributed by atoms with Gasteiger partial charge in [0.2, 0.25) is 11.8 Å². The van der Waals surface area contributed by atoms with Crippen molar-refractivity contribution in [2.45, 2.75) is 46.1 Å². The first-order valence-corrected chi connectivity index (χ1v) is 11.9. The molecule has 0 bridgehead atoms. The van der Waals surface area contributed by atoms with Crippen LogP contribution in [0.2, 0.25) is 0 Å². The molecule has 7 nitrogen and oxygen atoms in total. The Bertz CT molecular complexity index is 802. The number of rotatable bonds is 8. The van der Waals surface area contributed by atoms with E-state index < -0.39 is 0 Å². The topological polar surface area (TPSA) is 62.3 Å². The standard InChI is InChI=1S/C25H37N3O4/c1-4-31-22-11-9-21(18-23(22)32-5-2)10-12-24(29)27-16-14-26(15-17-27)19-25(30)28-13-7-6-8-20(28)3/h9-12,18,20H,4-8,13-17,19H2,1-3H3/b12-10+. The molecule has 1 atom stereocenters. The van der Waals surface area contributed by atoms with E-state index in [2.05, 4.69) is 11.8 Å².